The highest BCUT2D eigenvalue weighted by atomic mass is 35.5. The topological polar surface area (TPSA) is 102 Å². The van der Waals surface area contributed by atoms with E-state index in [1.54, 1.807) is 13.0 Å². The molecule has 0 saturated carbocycles. The van der Waals surface area contributed by atoms with Crippen molar-refractivity contribution in [1.82, 2.24) is 24.0 Å². The van der Waals surface area contributed by atoms with Crippen molar-refractivity contribution in [2.75, 3.05) is 26.2 Å². The van der Waals surface area contributed by atoms with Crippen LogP contribution in [0.1, 0.15) is 32.2 Å². The minimum Gasteiger partial charge on any atom is -0.855 e. The number of benzene rings is 2. The number of aromatic amines is 2. The first-order valence-corrected chi connectivity index (χ1v) is 11.8. The molecule has 1 aliphatic rings. The number of fused-ring (bicyclic) bond motifs is 2. The van der Waals surface area contributed by atoms with Crippen LogP contribution in [0.5, 0.6) is 0 Å². The predicted octanol–water partition coefficient (Wildman–Crippen LogP) is 3.14. The molecule has 8 nitrogen and oxygen atoms in total. The van der Waals surface area contributed by atoms with Crippen LogP contribution < -0.4 is 16.5 Å². The summed E-state index contributed by atoms with van der Waals surface area (Å²) >= 11 is 6.05. The van der Waals surface area contributed by atoms with Gasteiger partial charge in [-0.15, -0.1) is 19.0 Å². The van der Waals surface area contributed by atoms with Crippen molar-refractivity contribution in [2.45, 2.75) is 38.8 Å². The van der Waals surface area contributed by atoms with E-state index < -0.39 is 0 Å². The molecule has 0 atom stereocenters. The number of para-hydroxylation sites is 2. The molecule has 1 saturated heterocycles. The molecule has 0 bridgehead atoms. The van der Waals surface area contributed by atoms with E-state index in [4.69, 9.17) is 16.7 Å². The van der Waals surface area contributed by atoms with Gasteiger partial charge in [0.05, 0.1) is 22.1 Å². The molecule has 5 rings (SSSR count). The Kier molecular flexibility index (Phi) is 9.02. The molecule has 3 heterocycles. The van der Waals surface area contributed by atoms with E-state index >= 15 is 0 Å². The first kappa shape index (κ1) is 26.1. The number of nitrogens with one attached hydrogen (secondary N) is 2. The zero-order valence-corrected chi connectivity index (χ0v) is 20.7. The lowest BCUT2D eigenvalue weighted by atomic mass is 10.0. The van der Waals surface area contributed by atoms with E-state index in [-0.39, 0.29) is 36.4 Å². The molecule has 10 heteroatoms. The molecule has 0 aliphatic carbocycles. The molecule has 2 aromatic carbocycles. The van der Waals surface area contributed by atoms with E-state index in [1.165, 1.54) is 0 Å². The van der Waals surface area contributed by atoms with Gasteiger partial charge in [-0.1, -0.05) is 30.7 Å². The lowest BCUT2D eigenvalue weighted by molar-refractivity contribution is -0.361. The zero-order chi connectivity index (χ0) is 23.4. The zero-order valence-electron chi connectivity index (χ0n) is 19.1. The molecule has 2 aromatic heterocycles. The lowest BCUT2D eigenvalue weighted by Gasteiger charge is -2.32. The number of aromatic nitrogens is 4. The van der Waals surface area contributed by atoms with Gasteiger partial charge < -0.3 is 20.0 Å². The van der Waals surface area contributed by atoms with Crippen molar-refractivity contribution in [2.24, 2.45) is 0 Å². The van der Waals surface area contributed by atoms with Crippen LogP contribution in [-0.4, -0.2) is 50.2 Å². The number of imidazole rings is 2. The highest BCUT2D eigenvalue weighted by Crippen LogP contribution is 2.26. The second-order valence-electron chi connectivity index (χ2n) is 8.28. The summed E-state index contributed by atoms with van der Waals surface area (Å²) in [7, 11) is 0. The quantitative estimate of drug-likeness (QED) is 0.433. The van der Waals surface area contributed by atoms with Crippen LogP contribution in [-0.2, 0) is 6.54 Å². The second kappa shape index (κ2) is 11.8. The van der Waals surface area contributed by atoms with Crippen LogP contribution in [0.4, 0.5) is 0 Å². The van der Waals surface area contributed by atoms with Gasteiger partial charge in [0.15, 0.2) is 0 Å². The van der Waals surface area contributed by atoms with Gasteiger partial charge in [-0.05, 0) is 56.1 Å². The van der Waals surface area contributed by atoms with E-state index in [2.05, 4.69) is 14.9 Å². The molecule has 1 fully saturated rings. The summed E-state index contributed by atoms with van der Waals surface area (Å²) in [5.74, 6) is 0. The Morgan fingerprint density at radius 3 is 2.38 bits per heavy atom. The van der Waals surface area contributed by atoms with E-state index in [9.17, 15) is 9.59 Å². The van der Waals surface area contributed by atoms with Crippen molar-refractivity contribution in [3.63, 3.8) is 0 Å². The molecule has 0 amide bonds. The number of H-pyrrole nitrogens is 2. The largest absolute Gasteiger partial charge is 0.855 e. The van der Waals surface area contributed by atoms with Crippen LogP contribution in [0.15, 0.2) is 52.1 Å². The molecule has 4 aromatic rings. The number of nitrogens with zero attached hydrogens (tertiary/aromatic N) is 3. The van der Waals surface area contributed by atoms with Gasteiger partial charge in [0.1, 0.15) is 0 Å². The minimum atomic E-state index is -0.0653. The standard InChI is InChI=1S/C22H24ClN5O2.C2H5O.ClH/c23-15-6-7-20-18(14-15)25-22(30)28(20)16-8-12-26(13-9-16)10-3-11-27-19-5-2-1-4-17(19)24-21(27)29;1-2-3;/h1-2,4-7,14,16H,3,8-13H2,(H,24,29)(H,25,30);2H2,1H3;1H/q;-1;. The Morgan fingerprint density at radius 2 is 1.65 bits per heavy atom. The SMILES string of the molecule is CC[O-].Cl.O=c1[nH]c2ccccc2n1CCCN1CCC(n2c(=O)[nH]c3cc(Cl)ccc32)CC1. The van der Waals surface area contributed by atoms with Gasteiger partial charge in [-0.25, -0.2) is 9.59 Å². The lowest BCUT2D eigenvalue weighted by Crippen LogP contribution is -2.37. The summed E-state index contributed by atoms with van der Waals surface area (Å²) in [5, 5.41) is 9.56. The van der Waals surface area contributed by atoms with Gasteiger partial charge in [0.2, 0.25) is 0 Å². The average molecular weight is 507 g/mol. The fraction of sp³-hybridized carbons (Fsp3) is 0.417. The first-order chi connectivity index (χ1) is 16.0. The Hall–Kier alpha value is -2.52. The second-order valence-corrected chi connectivity index (χ2v) is 8.71. The summed E-state index contributed by atoms with van der Waals surface area (Å²) in [6, 6.07) is 13.5. The third-order valence-electron chi connectivity index (χ3n) is 6.14. The normalized spacial score (nSPS) is 14.7. The van der Waals surface area contributed by atoms with E-state index in [0.29, 0.717) is 11.6 Å². The highest BCUT2D eigenvalue weighted by molar-refractivity contribution is 6.31. The number of halogens is 2. The first-order valence-electron chi connectivity index (χ1n) is 11.4. The number of likely N-dealkylation sites (tertiary alicyclic amines) is 1. The van der Waals surface area contributed by atoms with Gasteiger partial charge in [-0.2, -0.15) is 0 Å². The Morgan fingerprint density at radius 1 is 0.971 bits per heavy atom. The smallest absolute Gasteiger partial charge is 0.326 e. The van der Waals surface area contributed by atoms with Gasteiger partial charge in [0.25, 0.3) is 0 Å². The average Bonchev–Trinajstić information content (AvgIpc) is 3.30. The minimum absolute atomic E-state index is 0. The van der Waals surface area contributed by atoms with Gasteiger partial charge in [0, 0.05) is 30.7 Å². The van der Waals surface area contributed by atoms with Gasteiger partial charge >= 0.3 is 11.4 Å². The Bertz CT molecular complexity index is 1330. The van der Waals surface area contributed by atoms with Crippen LogP contribution >= 0.6 is 24.0 Å². The third-order valence-corrected chi connectivity index (χ3v) is 6.37. The van der Waals surface area contributed by atoms with Gasteiger partial charge in [-0.3, -0.25) is 9.13 Å². The molecular weight excluding hydrogens is 477 g/mol. The third kappa shape index (κ3) is 5.58. The molecule has 0 spiro atoms. The highest BCUT2D eigenvalue weighted by Gasteiger charge is 2.23. The van der Waals surface area contributed by atoms with Crippen molar-refractivity contribution in [3.05, 3.63) is 68.5 Å². The van der Waals surface area contributed by atoms with Crippen LogP contribution in [0.3, 0.4) is 0 Å². The number of rotatable bonds is 5. The van der Waals surface area contributed by atoms with Crippen LogP contribution in [0.25, 0.3) is 22.1 Å². The van der Waals surface area contributed by atoms with E-state index in [0.717, 1.165) is 61.0 Å². The molecule has 184 valence electrons. The summed E-state index contributed by atoms with van der Waals surface area (Å²) in [5.41, 5.74) is 3.44. The van der Waals surface area contributed by atoms with Crippen LogP contribution in [0, 0.1) is 0 Å². The fourth-order valence-electron chi connectivity index (χ4n) is 4.65. The molecule has 0 unspecified atom stereocenters. The number of hydrogen-bond acceptors (Lipinski definition) is 4. The number of aryl methyl sites for hydroxylation is 1. The predicted molar refractivity (Wildman–Crippen MR) is 137 cm³/mol. The van der Waals surface area contributed by atoms with Crippen LogP contribution in [0.2, 0.25) is 5.02 Å². The maximum Gasteiger partial charge on any atom is 0.326 e. The molecule has 0 radical (unpaired) electrons. The number of hydrogen-bond donors (Lipinski definition) is 2. The maximum absolute atomic E-state index is 12.5. The number of piperidine rings is 1. The van der Waals surface area contributed by atoms with E-state index in [1.807, 2.05) is 45.5 Å². The summed E-state index contributed by atoms with van der Waals surface area (Å²) in [6.45, 7) is 5.10. The molecule has 34 heavy (non-hydrogen) atoms. The van der Waals surface area contributed by atoms with Crippen molar-refractivity contribution >= 4 is 46.1 Å². The maximum atomic E-state index is 12.5. The Labute approximate surface area is 208 Å². The molecule has 1 aliphatic heterocycles. The molecular formula is C24H30Cl2N5O3-. The van der Waals surface area contributed by atoms with Crippen molar-refractivity contribution in [3.8, 4) is 0 Å². The molecule has 2 N–H and O–H groups in total. The van der Waals surface area contributed by atoms with Crippen molar-refractivity contribution in [1.29, 1.82) is 0 Å². The summed E-state index contributed by atoms with van der Waals surface area (Å²) in [6.07, 6.45) is 2.78. The van der Waals surface area contributed by atoms with Crippen molar-refractivity contribution < 1.29 is 5.11 Å². The summed E-state index contributed by atoms with van der Waals surface area (Å²) in [4.78, 5) is 32.9. The Balaban J connectivity index is 0.000000771. The fourth-order valence-corrected chi connectivity index (χ4v) is 4.82. The summed E-state index contributed by atoms with van der Waals surface area (Å²) < 4.78 is 3.70. The monoisotopic (exact) mass is 506 g/mol.